The zero-order valence-electron chi connectivity index (χ0n) is 18.4. The van der Waals surface area contributed by atoms with Crippen LogP contribution < -0.4 is 13.8 Å². The Labute approximate surface area is 196 Å². The Morgan fingerprint density at radius 1 is 1.06 bits per heavy atom. The van der Waals surface area contributed by atoms with E-state index in [-0.39, 0.29) is 11.4 Å². The van der Waals surface area contributed by atoms with Crippen LogP contribution in [-0.2, 0) is 17.1 Å². The molecule has 4 aromatic rings. The normalized spacial score (nSPS) is 12.2. The maximum Gasteiger partial charge on any atom is 0.279 e. The zero-order valence-corrected chi connectivity index (χ0v) is 20.1. The van der Waals surface area contributed by atoms with Gasteiger partial charge in [0.15, 0.2) is 4.80 Å². The summed E-state index contributed by atoms with van der Waals surface area (Å²) in [5.41, 5.74) is 1.84. The van der Waals surface area contributed by atoms with E-state index in [9.17, 15) is 13.2 Å². The average Bonchev–Trinajstić information content (AvgIpc) is 3.14. The van der Waals surface area contributed by atoms with Gasteiger partial charge in [-0.15, -0.1) is 0 Å². The van der Waals surface area contributed by atoms with Gasteiger partial charge in [-0.2, -0.15) is 4.99 Å². The molecule has 0 aliphatic rings. The summed E-state index contributed by atoms with van der Waals surface area (Å²) in [5, 5.41) is 0. The van der Waals surface area contributed by atoms with E-state index >= 15 is 0 Å². The fraction of sp³-hybridized carbons (Fsp3) is 0.167. The van der Waals surface area contributed by atoms with E-state index in [2.05, 4.69) is 4.99 Å². The van der Waals surface area contributed by atoms with E-state index in [0.29, 0.717) is 16.1 Å². The van der Waals surface area contributed by atoms with Gasteiger partial charge in [0.25, 0.3) is 15.9 Å². The molecule has 3 aromatic carbocycles. The lowest BCUT2D eigenvalue weighted by molar-refractivity contribution is 0.0998. The van der Waals surface area contributed by atoms with Gasteiger partial charge < -0.3 is 9.30 Å². The Balaban J connectivity index is 1.64. The molecule has 1 aromatic heterocycles. The fourth-order valence-corrected chi connectivity index (χ4v) is 6.00. The number of amides is 1. The molecule has 0 saturated heterocycles. The van der Waals surface area contributed by atoms with Crippen molar-refractivity contribution in [3.05, 3.63) is 83.2 Å². The first kappa shape index (κ1) is 22.8. The van der Waals surface area contributed by atoms with Crippen LogP contribution in [0.1, 0.15) is 17.3 Å². The van der Waals surface area contributed by atoms with Crippen LogP contribution >= 0.6 is 11.3 Å². The maximum absolute atomic E-state index is 13.1. The molecule has 0 spiro atoms. The average molecular weight is 482 g/mol. The number of aryl methyl sites for hydroxylation is 1. The van der Waals surface area contributed by atoms with Crippen LogP contribution in [0, 0.1) is 0 Å². The van der Waals surface area contributed by atoms with Crippen molar-refractivity contribution in [2.75, 3.05) is 18.0 Å². The molecule has 0 unspecified atom stereocenters. The standard InChI is InChI=1S/C24H23N3O4S2/c1-4-27(18-8-6-5-7-9-18)33(29,30)20-13-10-17(11-14-20)23(28)25-24-26(2)21-15-12-19(31-3)16-22(21)32-24/h5-16H,4H2,1-3H3. The quantitative estimate of drug-likeness (QED) is 0.413. The summed E-state index contributed by atoms with van der Waals surface area (Å²) in [5.74, 6) is 0.291. The largest absolute Gasteiger partial charge is 0.497 e. The van der Waals surface area contributed by atoms with Gasteiger partial charge in [-0.1, -0.05) is 29.5 Å². The number of carbonyl (C=O) groups is 1. The third kappa shape index (κ3) is 4.42. The van der Waals surface area contributed by atoms with Gasteiger partial charge in [0, 0.05) is 19.2 Å². The molecule has 1 heterocycles. The predicted molar refractivity (Wildman–Crippen MR) is 130 cm³/mol. The number of hydrogen-bond donors (Lipinski definition) is 0. The number of nitrogens with zero attached hydrogens (tertiary/aromatic N) is 3. The molecule has 0 aliphatic heterocycles. The number of ether oxygens (including phenoxy) is 1. The third-order valence-corrected chi connectivity index (χ3v) is 8.25. The summed E-state index contributed by atoms with van der Waals surface area (Å²) in [4.78, 5) is 17.7. The number of aromatic nitrogens is 1. The fourth-order valence-electron chi connectivity index (χ4n) is 3.48. The molecule has 0 saturated carbocycles. The number of benzene rings is 3. The van der Waals surface area contributed by atoms with Crippen LogP contribution in [0.3, 0.4) is 0 Å². The van der Waals surface area contributed by atoms with Crippen LogP contribution in [0.15, 0.2) is 82.7 Å². The molecule has 7 nitrogen and oxygen atoms in total. The smallest absolute Gasteiger partial charge is 0.279 e. The van der Waals surface area contributed by atoms with E-state index < -0.39 is 15.9 Å². The Morgan fingerprint density at radius 3 is 2.39 bits per heavy atom. The Bertz CT molecular complexity index is 1470. The van der Waals surface area contributed by atoms with Crippen molar-refractivity contribution in [1.82, 2.24) is 4.57 Å². The van der Waals surface area contributed by atoms with Gasteiger partial charge in [0.2, 0.25) is 0 Å². The summed E-state index contributed by atoms with van der Waals surface area (Å²) < 4.78 is 35.7. The second-order valence-electron chi connectivity index (χ2n) is 7.22. The molecule has 0 atom stereocenters. The van der Waals surface area contributed by atoms with E-state index in [1.807, 2.05) is 35.9 Å². The molecular weight excluding hydrogens is 458 g/mol. The molecule has 0 aliphatic carbocycles. The number of rotatable bonds is 6. The lowest BCUT2D eigenvalue weighted by atomic mass is 10.2. The first-order valence-electron chi connectivity index (χ1n) is 10.3. The number of fused-ring (bicyclic) bond motifs is 1. The van der Waals surface area contributed by atoms with E-state index in [1.54, 1.807) is 38.3 Å². The second-order valence-corrected chi connectivity index (χ2v) is 10.1. The molecule has 1 amide bonds. The van der Waals surface area contributed by atoms with Crippen molar-refractivity contribution >= 4 is 43.2 Å². The van der Waals surface area contributed by atoms with Crippen LogP contribution in [0.25, 0.3) is 10.2 Å². The van der Waals surface area contributed by atoms with Gasteiger partial charge in [-0.25, -0.2) is 8.42 Å². The summed E-state index contributed by atoms with van der Waals surface area (Å²) in [6.07, 6.45) is 0. The van der Waals surface area contributed by atoms with E-state index in [0.717, 1.165) is 16.0 Å². The number of sulfonamides is 1. The molecule has 170 valence electrons. The minimum atomic E-state index is -3.76. The number of methoxy groups -OCH3 is 1. The minimum Gasteiger partial charge on any atom is -0.497 e. The third-order valence-electron chi connectivity index (χ3n) is 5.23. The molecule has 4 rings (SSSR count). The summed E-state index contributed by atoms with van der Waals surface area (Å²) >= 11 is 1.38. The summed E-state index contributed by atoms with van der Waals surface area (Å²) in [6.45, 7) is 2.07. The SMILES string of the molecule is CCN(c1ccccc1)S(=O)(=O)c1ccc(C(=O)N=c2sc3cc(OC)ccc3n2C)cc1. The summed E-state index contributed by atoms with van der Waals surface area (Å²) in [6, 6.07) is 20.5. The van der Waals surface area contributed by atoms with Gasteiger partial charge in [0.05, 0.1) is 27.9 Å². The van der Waals surface area contributed by atoms with E-state index in [1.165, 1.54) is 39.9 Å². The number of para-hydroxylation sites is 1. The number of carbonyl (C=O) groups excluding carboxylic acids is 1. The number of anilines is 1. The molecule has 0 fully saturated rings. The highest BCUT2D eigenvalue weighted by Gasteiger charge is 2.23. The highest BCUT2D eigenvalue weighted by molar-refractivity contribution is 7.92. The van der Waals surface area contributed by atoms with Crippen molar-refractivity contribution < 1.29 is 17.9 Å². The number of hydrogen-bond acceptors (Lipinski definition) is 5. The highest BCUT2D eigenvalue weighted by atomic mass is 32.2. The first-order valence-corrected chi connectivity index (χ1v) is 12.5. The van der Waals surface area contributed by atoms with Gasteiger partial charge >= 0.3 is 0 Å². The van der Waals surface area contributed by atoms with Crippen LogP contribution in [0.5, 0.6) is 5.75 Å². The topological polar surface area (TPSA) is 81.0 Å². The van der Waals surface area contributed by atoms with Gasteiger partial charge in [-0.3, -0.25) is 9.10 Å². The Morgan fingerprint density at radius 2 is 1.76 bits per heavy atom. The zero-order chi connectivity index (χ0) is 23.6. The molecule has 0 radical (unpaired) electrons. The molecular formula is C24H23N3O4S2. The van der Waals surface area contributed by atoms with Crippen LogP contribution in [0.4, 0.5) is 5.69 Å². The Hall–Kier alpha value is -3.43. The lowest BCUT2D eigenvalue weighted by Crippen LogP contribution is -2.30. The maximum atomic E-state index is 13.1. The first-order chi connectivity index (χ1) is 15.8. The molecule has 33 heavy (non-hydrogen) atoms. The van der Waals surface area contributed by atoms with E-state index in [4.69, 9.17) is 4.74 Å². The van der Waals surface area contributed by atoms with Gasteiger partial charge in [-0.05, 0) is 61.5 Å². The van der Waals surface area contributed by atoms with Crippen molar-refractivity contribution in [1.29, 1.82) is 0 Å². The minimum absolute atomic E-state index is 0.115. The molecule has 0 N–H and O–H groups in total. The van der Waals surface area contributed by atoms with Gasteiger partial charge in [0.1, 0.15) is 5.75 Å². The monoisotopic (exact) mass is 481 g/mol. The predicted octanol–water partition coefficient (Wildman–Crippen LogP) is 4.20. The lowest BCUT2D eigenvalue weighted by Gasteiger charge is -2.22. The summed E-state index contributed by atoms with van der Waals surface area (Å²) in [7, 11) is -0.311. The Kier molecular flexibility index (Phi) is 6.35. The van der Waals surface area contributed by atoms with Crippen molar-refractivity contribution in [3.8, 4) is 5.75 Å². The van der Waals surface area contributed by atoms with Crippen molar-refractivity contribution in [3.63, 3.8) is 0 Å². The number of thiazole rings is 1. The van der Waals surface area contributed by atoms with Crippen molar-refractivity contribution in [2.24, 2.45) is 12.0 Å². The van der Waals surface area contributed by atoms with Crippen molar-refractivity contribution in [2.45, 2.75) is 11.8 Å². The van der Waals surface area contributed by atoms with Crippen LogP contribution in [-0.4, -0.2) is 32.5 Å². The molecule has 9 heteroatoms. The second kappa shape index (κ2) is 9.21. The van der Waals surface area contributed by atoms with Crippen LogP contribution in [0.2, 0.25) is 0 Å². The molecule has 0 bridgehead atoms. The highest BCUT2D eigenvalue weighted by Crippen LogP contribution is 2.24.